The number of aromatic nitrogens is 1. The van der Waals surface area contributed by atoms with Gasteiger partial charge in [-0.1, -0.05) is 60.7 Å². The van der Waals surface area contributed by atoms with Crippen LogP contribution < -0.4 is 4.74 Å². The van der Waals surface area contributed by atoms with Gasteiger partial charge in [0.2, 0.25) is 6.54 Å². The molecule has 140 valence electrons. The van der Waals surface area contributed by atoms with Gasteiger partial charge in [-0.2, -0.15) is 0 Å². The summed E-state index contributed by atoms with van der Waals surface area (Å²) < 4.78 is 5.83. The molecule has 1 aromatic heterocycles. The van der Waals surface area contributed by atoms with Gasteiger partial charge in [-0.05, 0) is 34.9 Å². The molecule has 0 aliphatic heterocycles. The van der Waals surface area contributed by atoms with Gasteiger partial charge in [0.05, 0.1) is 5.92 Å². The number of para-hydroxylation sites is 1. The summed E-state index contributed by atoms with van der Waals surface area (Å²) in [5.74, 6) is 0.417. The molecule has 5 nitrogen and oxygen atoms in total. The van der Waals surface area contributed by atoms with Crippen LogP contribution in [-0.2, 0) is 6.61 Å². The molecule has 1 heterocycles. The fourth-order valence-corrected chi connectivity index (χ4v) is 3.45. The number of rotatable bonds is 7. The van der Waals surface area contributed by atoms with E-state index in [0.29, 0.717) is 6.61 Å². The molecule has 5 heteroatoms. The monoisotopic (exact) mass is 372 g/mol. The maximum atomic E-state index is 11.3. The van der Waals surface area contributed by atoms with Crippen LogP contribution in [0.3, 0.4) is 0 Å². The zero-order valence-corrected chi connectivity index (χ0v) is 15.2. The van der Waals surface area contributed by atoms with E-state index in [9.17, 15) is 10.1 Å². The van der Waals surface area contributed by atoms with Crippen LogP contribution in [0.2, 0.25) is 0 Å². The Kier molecular flexibility index (Phi) is 5.06. The Morgan fingerprint density at radius 2 is 1.64 bits per heavy atom. The van der Waals surface area contributed by atoms with Gasteiger partial charge in [0, 0.05) is 22.0 Å². The number of ether oxygens (including phenoxy) is 1. The van der Waals surface area contributed by atoms with Crippen molar-refractivity contribution in [3.05, 3.63) is 112 Å². The molecule has 0 bridgehead atoms. The number of nitro groups is 1. The van der Waals surface area contributed by atoms with E-state index in [1.54, 1.807) is 0 Å². The van der Waals surface area contributed by atoms with E-state index < -0.39 is 0 Å². The highest BCUT2D eigenvalue weighted by Gasteiger charge is 2.23. The molecule has 0 aliphatic rings. The Bertz CT molecular complexity index is 1070. The number of fused-ring (bicyclic) bond motifs is 1. The first-order valence-corrected chi connectivity index (χ1v) is 9.15. The second-order valence-electron chi connectivity index (χ2n) is 6.70. The summed E-state index contributed by atoms with van der Waals surface area (Å²) in [4.78, 5) is 14.3. The van der Waals surface area contributed by atoms with E-state index in [2.05, 4.69) is 4.98 Å². The van der Waals surface area contributed by atoms with E-state index in [1.807, 2.05) is 85.1 Å². The number of H-pyrrole nitrogens is 1. The lowest BCUT2D eigenvalue weighted by Gasteiger charge is -2.14. The fourth-order valence-electron chi connectivity index (χ4n) is 3.45. The zero-order chi connectivity index (χ0) is 19.3. The predicted octanol–water partition coefficient (Wildman–Crippen LogP) is 5.16. The van der Waals surface area contributed by atoms with Gasteiger partial charge in [-0.3, -0.25) is 10.1 Å². The molecule has 1 N–H and O–H groups in total. The Morgan fingerprint density at radius 3 is 2.39 bits per heavy atom. The summed E-state index contributed by atoms with van der Waals surface area (Å²) in [6, 6.07) is 25.4. The molecule has 0 amide bonds. The van der Waals surface area contributed by atoms with Gasteiger partial charge in [0.25, 0.3) is 0 Å². The first-order chi connectivity index (χ1) is 13.7. The lowest BCUT2D eigenvalue weighted by molar-refractivity contribution is -0.481. The summed E-state index contributed by atoms with van der Waals surface area (Å²) in [6.07, 6.45) is 1.87. The van der Waals surface area contributed by atoms with E-state index in [-0.39, 0.29) is 17.4 Å². The average Bonchev–Trinajstić information content (AvgIpc) is 3.16. The van der Waals surface area contributed by atoms with Crippen molar-refractivity contribution in [2.45, 2.75) is 12.5 Å². The van der Waals surface area contributed by atoms with Crippen molar-refractivity contribution in [1.82, 2.24) is 4.98 Å². The minimum Gasteiger partial charge on any atom is -0.489 e. The Hall–Kier alpha value is -3.60. The third kappa shape index (κ3) is 3.88. The van der Waals surface area contributed by atoms with Crippen LogP contribution in [0.4, 0.5) is 0 Å². The molecule has 1 unspecified atom stereocenters. The van der Waals surface area contributed by atoms with Gasteiger partial charge >= 0.3 is 0 Å². The lowest BCUT2D eigenvalue weighted by Crippen LogP contribution is -2.13. The van der Waals surface area contributed by atoms with Crippen LogP contribution in [0, 0.1) is 10.1 Å². The zero-order valence-electron chi connectivity index (χ0n) is 15.2. The Labute approximate surface area is 162 Å². The Balaban J connectivity index is 1.58. The standard InChI is InChI=1S/C23H20N2O3/c26-25(27)15-22(21-14-24-23-9-5-4-8-20(21)23)18-10-12-19(13-11-18)28-16-17-6-2-1-3-7-17/h1-14,22,24H,15-16H2. The van der Waals surface area contributed by atoms with Crippen LogP contribution in [0.1, 0.15) is 22.6 Å². The maximum Gasteiger partial charge on any atom is 0.214 e. The molecule has 28 heavy (non-hydrogen) atoms. The van der Waals surface area contributed by atoms with Crippen LogP contribution in [0.5, 0.6) is 5.75 Å². The van der Waals surface area contributed by atoms with Crippen LogP contribution in [0.15, 0.2) is 85.1 Å². The highest BCUT2D eigenvalue weighted by Crippen LogP contribution is 2.32. The van der Waals surface area contributed by atoms with E-state index in [1.165, 1.54) is 0 Å². The first kappa shape index (κ1) is 17.8. The summed E-state index contributed by atoms with van der Waals surface area (Å²) in [5, 5.41) is 12.3. The summed E-state index contributed by atoms with van der Waals surface area (Å²) in [7, 11) is 0. The number of hydrogen-bond donors (Lipinski definition) is 1. The van der Waals surface area contributed by atoms with Crippen molar-refractivity contribution < 1.29 is 9.66 Å². The minimum atomic E-state index is -0.325. The van der Waals surface area contributed by atoms with Gasteiger partial charge in [-0.25, -0.2) is 0 Å². The first-order valence-electron chi connectivity index (χ1n) is 9.15. The van der Waals surface area contributed by atoms with Gasteiger partial charge in [-0.15, -0.1) is 0 Å². The highest BCUT2D eigenvalue weighted by molar-refractivity contribution is 5.84. The normalized spacial score (nSPS) is 12.0. The van der Waals surface area contributed by atoms with Gasteiger partial charge < -0.3 is 9.72 Å². The molecule has 0 spiro atoms. The van der Waals surface area contributed by atoms with Crippen molar-refractivity contribution in [1.29, 1.82) is 0 Å². The number of aromatic amines is 1. The van der Waals surface area contributed by atoms with Crippen LogP contribution in [0.25, 0.3) is 10.9 Å². The highest BCUT2D eigenvalue weighted by atomic mass is 16.6. The van der Waals surface area contributed by atoms with Crippen molar-refractivity contribution >= 4 is 10.9 Å². The van der Waals surface area contributed by atoms with E-state index in [0.717, 1.165) is 33.3 Å². The van der Waals surface area contributed by atoms with E-state index in [4.69, 9.17) is 4.74 Å². The number of benzene rings is 3. The minimum absolute atomic E-state index is 0.161. The molecule has 0 saturated carbocycles. The number of nitrogens with one attached hydrogen (secondary N) is 1. The van der Waals surface area contributed by atoms with E-state index >= 15 is 0 Å². The molecule has 1 atom stereocenters. The summed E-state index contributed by atoms with van der Waals surface area (Å²) in [6.45, 7) is 0.326. The summed E-state index contributed by atoms with van der Waals surface area (Å²) in [5.41, 5.74) is 3.91. The molecule has 0 radical (unpaired) electrons. The van der Waals surface area contributed by atoms with Gasteiger partial charge in [0.15, 0.2) is 0 Å². The average molecular weight is 372 g/mol. The molecule has 4 aromatic rings. The van der Waals surface area contributed by atoms with Gasteiger partial charge in [0.1, 0.15) is 12.4 Å². The van der Waals surface area contributed by atoms with Crippen molar-refractivity contribution in [2.75, 3.05) is 6.54 Å². The van der Waals surface area contributed by atoms with Crippen molar-refractivity contribution in [2.24, 2.45) is 0 Å². The molecule has 0 fully saturated rings. The molecular weight excluding hydrogens is 352 g/mol. The summed E-state index contributed by atoms with van der Waals surface area (Å²) >= 11 is 0. The predicted molar refractivity (Wildman–Crippen MR) is 109 cm³/mol. The second-order valence-corrected chi connectivity index (χ2v) is 6.70. The van der Waals surface area contributed by atoms with Crippen molar-refractivity contribution in [3.63, 3.8) is 0 Å². The number of hydrogen-bond acceptors (Lipinski definition) is 3. The Morgan fingerprint density at radius 1 is 0.929 bits per heavy atom. The maximum absolute atomic E-state index is 11.3. The lowest BCUT2D eigenvalue weighted by atomic mass is 9.91. The largest absolute Gasteiger partial charge is 0.489 e. The molecule has 4 rings (SSSR count). The topological polar surface area (TPSA) is 68.2 Å². The third-order valence-electron chi connectivity index (χ3n) is 4.86. The van der Waals surface area contributed by atoms with Crippen LogP contribution >= 0.6 is 0 Å². The molecular formula is C23H20N2O3. The molecule has 0 aliphatic carbocycles. The second kappa shape index (κ2) is 7.96. The van der Waals surface area contributed by atoms with Crippen molar-refractivity contribution in [3.8, 4) is 5.75 Å². The molecule has 3 aromatic carbocycles. The quantitative estimate of drug-likeness (QED) is 0.360. The fraction of sp³-hybridized carbons (Fsp3) is 0.130. The SMILES string of the molecule is O=[N+]([O-])CC(c1ccc(OCc2ccccc2)cc1)c1c[nH]c2ccccc12. The third-order valence-corrected chi connectivity index (χ3v) is 4.86. The molecule has 0 saturated heterocycles. The smallest absolute Gasteiger partial charge is 0.214 e. The number of nitrogens with zero attached hydrogens (tertiary/aromatic N) is 1. The van der Waals surface area contributed by atoms with Crippen LogP contribution in [-0.4, -0.2) is 16.5 Å².